The van der Waals surface area contributed by atoms with Crippen LogP contribution in [0, 0.1) is 11.8 Å². The molecule has 0 bridgehead atoms. The van der Waals surface area contributed by atoms with E-state index in [4.69, 9.17) is 10.5 Å². The van der Waals surface area contributed by atoms with Crippen molar-refractivity contribution in [1.82, 2.24) is 4.90 Å². The second-order valence-electron chi connectivity index (χ2n) is 7.34. The van der Waals surface area contributed by atoms with E-state index in [1.165, 1.54) is 32.1 Å². The predicted molar refractivity (Wildman–Crippen MR) is 84.8 cm³/mol. The van der Waals surface area contributed by atoms with Crippen LogP contribution < -0.4 is 5.73 Å². The second-order valence-corrected chi connectivity index (χ2v) is 7.34. The molecule has 0 radical (unpaired) electrons. The average Bonchev–Trinajstić information content (AvgIpc) is 2.77. The molecule has 2 rings (SSSR count). The second kappa shape index (κ2) is 7.24. The van der Waals surface area contributed by atoms with Gasteiger partial charge in [-0.15, -0.1) is 0 Å². The first kappa shape index (κ1) is 16.3. The van der Waals surface area contributed by atoms with E-state index < -0.39 is 0 Å². The number of rotatable bonds is 3. The average molecular weight is 282 g/mol. The highest BCUT2D eigenvalue weighted by atomic mass is 16.5. The van der Waals surface area contributed by atoms with E-state index in [1.54, 1.807) is 0 Å². The molecule has 2 aliphatic rings. The van der Waals surface area contributed by atoms with Gasteiger partial charge < -0.3 is 10.5 Å². The highest BCUT2D eigenvalue weighted by molar-refractivity contribution is 4.95. The van der Waals surface area contributed by atoms with Crippen molar-refractivity contribution >= 4 is 0 Å². The van der Waals surface area contributed by atoms with Crippen LogP contribution in [0.5, 0.6) is 0 Å². The van der Waals surface area contributed by atoms with E-state index >= 15 is 0 Å². The van der Waals surface area contributed by atoms with Gasteiger partial charge in [0.15, 0.2) is 0 Å². The minimum absolute atomic E-state index is 0.242. The summed E-state index contributed by atoms with van der Waals surface area (Å²) in [6.45, 7) is 10.9. The maximum atomic E-state index is 6.27. The van der Waals surface area contributed by atoms with Gasteiger partial charge in [0.1, 0.15) is 0 Å². The van der Waals surface area contributed by atoms with Crippen molar-refractivity contribution in [2.45, 2.75) is 70.9 Å². The lowest BCUT2D eigenvalue weighted by Gasteiger charge is -2.43. The largest absolute Gasteiger partial charge is 0.377 e. The van der Waals surface area contributed by atoms with E-state index in [-0.39, 0.29) is 5.54 Å². The molecule has 0 amide bonds. The monoisotopic (exact) mass is 282 g/mol. The molecule has 3 unspecified atom stereocenters. The molecule has 1 saturated heterocycles. The first-order valence-electron chi connectivity index (χ1n) is 8.64. The Hall–Kier alpha value is -0.120. The van der Waals surface area contributed by atoms with Crippen molar-refractivity contribution in [3.8, 4) is 0 Å². The number of hydrogen-bond acceptors (Lipinski definition) is 3. The minimum Gasteiger partial charge on any atom is -0.377 e. The van der Waals surface area contributed by atoms with Crippen molar-refractivity contribution in [1.29, 1.82) is 0 Å². The van der Waals surface area contributed by atoms with Crippen LogP contribution in [0.15, 0.2) is 0 Å². The number of ether oxygens (including phenoxy) is 1. The number of nitrogens with two attached hydrogens (primary N) is 1. The van der Waals surface area contributed by atoms with Gasteiger partial charge in [0.05, 0.1) is 6.10 Å². The first-order valence-corrected chi connectivity index (χ1v) is 8.64. The molecule has 1 heterocycles. The standard InChI is InChI=1S/C17H34N2O/c1-14(2)16-6-4-8-17(13-18,9-7-16)19-10-5-11-20-15(3)12-19/h14-16H,4-13,18H2,1-3H3. The SMILES string of the molecule is CC1CN(C2(CN)CCCC(C(C)C)CC2)CCCO1. The summed E-state index contributed by atoms with van der Waals surface area (Å²) in [7, 11) is 0. The molecule has 0 aromatic heterocycles. The minimum atomic E-state index is 0.242. The molecule has 1 saturated carbocycles. The first-order chi connectivity index (χ1) is 9.57. The Morgan fingerprint density at radius 3 is 2.75 bits per heavy atom. The van der Waals surface area contributed by atoms with E-state index in [0.29, 0.717) is 6.10 Å². The van der Waals surface area contributed by atoms with E-state index in [9.17, 15) is 0 Å². The topological polar surface area (TPSA) is 38.5 Å². The summed E-state index contributed by atoms with van der Waals surface area (Å²) in [4.78, 5) is 2.67. The third-order valence-corrected chi connectivity index (χ3v) is 5.64. The fraction of sp³-hybridized carbons (Fsp3) is 1.00. The van der Waals surface area contributed by atoms with Gasteiger partial charge in [-0.05, 0) is 44.4 Å². The lowest BCUT2D eigenvalue weighted by molar-refractivity contribution is 0.0305. The summed E-state index contributed by atoms with van der Waals surface area (Å²) in [5, 5.41) is 0. The molecule has 3 heteroatoms. The molecule has 0 aromatic carbocycles. The highest BCUT2D eigenvalue weighted by Gasteiger charge is 2.38. The Balaban J connectivity index is 2.07. The third-order valence-electron chi connectivity index (χ3n) is 5.64. The van der Waals surface area contributed by atoms with Gasteiger partial charge in [-0.3, -0.25) is 4.90 Å². The number of nitrogens with zero attached hydrogens (tertiary/aromatic N) is 1. The molecule has 118 valence electrons. The van der Waals surface area contributed by atoms with Crippen molar-refractivity contribution in [3.05, 3.63) is 0 Å². The summed E-state index contributed by atoms with van der Waals surface area (Å²) < 4.78 is 5.82. The Morgan fingerprint density at radius 1 is 1.25 bits per heavy atom. The molecule has 2 N–H and O–H groups in total. The Bertz CT molecular complexity index is 295. The lowest BCUT2D eigenvalue weighted by atomic mass is 9.85. The van der Waals surface area contributed by atoms with Crippen molar-refractivity contribution < 1.29 is 4.74 Å². The quantitative estimate of drug-likeness (QED) is 0.809. The maximum Gasteiger partial charge on any atom is 0.0674 e. The molecule has 1 aliphatic heterocycles. The fourth-order valence-electron chi connectivity index (χ4n) is 4.16. The van der Waals surface area contributed by atoms with E-state index in [2.05, 4.69) is 25.7 Å². The van der Waals surface area contributed by atoms with Crippen LogP contribution in [0.1, 0.15) is 59.3 Å². The lowest BCUT2D eigenvalue weighted by Crippen LogP contribution is -2.55. The summed E-state index contributed by atoms with van der Waals surface area (Å²) in [6.07, 6.45) is 8.13. The van der Waals surface area contributed by atoms with Crippen LogP contribution in [0.2, 0.25) is 0 Å². The van der Waals surface area contributed by atoms with Crippen LogP contribution in [0.3, 0.4) is 0 Å². The van der Waals surface area contributed by atoms with Gasteiger partial charge in [-0.25, -0.2) is 0 Å². The van der Waals surface area contributed by atoms with E-state index in [0.717, 1.165) is 44.5 Å². The zero-order chi connectivity index (χ0) is 14.6. The van der Waals surface area contributed by atoms with Crippen LogP contribution >= 0.6 is 0 Å². The van der Waals surface area contributed by atoms with Gasteiger partial charge in [-0.1, -0.05) is 26.7 Å². The van der Waals surface area contributed by atoms with E-state index in [1.807, 2.05) is 0 Å². The van der Waals surface area contributed by atoms with Crippen molar-refractivity contribution in [2.75, 3.05) is 26.2 Å². The van der Waals surface area contributed by atoms with Crippen molar-refractivity contribution in [3.63, 3.8) is 0 Å². The third kappa shape index (κ3) is 3.75. The Labute approximate surface area is 125 Å². The Kier molecular flexibility index (Phi) is 5.88. The van der Waals surface area contributed by atoms with Crippen molar-refractivity contribution in [2.24, 2.45) is 17.6 Å². The van der Waals surface area contributed by atoms with Crippen LogP contribution in [0.4, 0.5) is 0 Å². The van der Waals surface area contributed by atoms with Gasteiger partial charge in [0.25, 0.3) is 0 Å². The molecule has 2 fully saturated rings. The maximum absolute atomic E-state index is 6.27. The molecular formula is C17H34N2O. The molecular weight excluding hydrogens is 248 g/mol. The summed E-state index contributed by atoms with van der Waals surface area (Å²) >= 11 is 0. The highest BCUT2D eigenvalue weighted by Crippen LogP contribution is 2.37. The summed E-state index contributed by atoms with van der Waals surface area (Å²) in [6, 6.07) is 0. The van der Waals surface area contributed by atoms with Gasteiger partial charge in [0.2, 0.25) is 0 Å². The summed E-state index contributed by atoms with van der Waals surface area (Å²) in [5.41, 5.74) is 6.52. The van der Waals surface area contributed by atoms with Crippen LogP contribution in [-0.4, -0.2) is 42.8 Å². The molecule has 3 atom stereocenters. The number of hydrogen-bond donors (Lipinski definition) is 1. The van der Waals surface area contributed by atoms with Crippen LogP contribution in [0.25, 0.3) is 0 Å². The normalized spacial score (nSPS) is 37.6. The molecule has 0 spiro atoms. The summed E-state index contributed by atoms with van der Waals surface area (Å²) in [5.74, 6) is 1.71. The fourth-order valence-corrected chi connectivity index (χ4v) is 4.16. The molecule has 1 aliphatic carbocycles. The smallest absolute Gasteiger partial charge is 0.0674 e. The molecule has 20 heavy (non-hydrogen) atoms. The molecule has 3 nitrogen and oxygen atoms in total. The molecule has 0 aromatic rings. The predicted octanol–water partition coefficient (Wildman–Crippen LogP) is 3.03. The zero-order valence-corrected chi connectivity index (χ0v) is 13.7. The Morgan fingerprint density at radius 2 is 2.05 bits per heavy atom. The van der Waals surface area contributed by atoms with Gasteiger partial charge in [-0.2, -0.15) is 0 Å². The zero-order valence-electron chi connectivity index (χ0n) is 13.7. The van der Waals surface area contributed by atoms with Crippen LogP contribution in [-0.2, 0) is 4.74 Å². The van der Waals surface area contributed by atoms with Gasteiger partial charge in [0, 0.05) is 31.8 Å². The van der Waals surface area contributed by atoms with Gasteiger partial charge >= 0.3 is 0 Å².